The van der Waals surface area contributed by atoms with Crippen LogP contribution < -0.4 is 5.32 Å². The molecular weight excluding hydrogens is 214 g/mol. The van der Waals surface area contributed by atoms with Gasteiger partial charge in [0.2, 0.25) is 0 Å². The van der Waals surface area contributed by atoms with Gasteiger partial charge < -0.3 is 5.32 Å². The van der Waals surface area contributed by atoms with Gasteiger partial charge in [0, 0.05) is 11.3 Å². The van der Waals surface area contributed by atoms with E-state index in [4.69, 9.17) is 0 Å². The van der Waals surface area contributed by atoms with Gasteiger partial charge in [-0.2, -0.15) is 11.8 Å². The highest BCUT2D eigenvalue weighted by atomic mass is 32.2. The first-order valence-electron chi connectivity index (χ1n) is 7.05. The lowest BCUT2D eigenvalue weighted by atomic mass is 9.83. The molecule has 0 saturated heterocycles. The summed E-state index contributed by atoms with van der Waals surface area (Å²) in [4.78, 5) is 0. The van der Waals surface area contributed by atoms with Crippen LogP contribution in [0.2, 0.25) is 0 Å². The molecule has 0 bridgehead atoms. The Labute approximate surface area is 105 Å². The smallest absolute Gasteiger partial charge is 0.00698 e. The molecule has 2 saturated carbocycles. The van der Waals surface area contributed by atoms with Crippen molar-refractivity contribution < 1.29 is 0 Å². The summed E-state index contributed by atoms with van der Waals surface area (Å²) in [5.74, 6) is 2.19. The Hall–Kier alpha value is 0.310. The van der Waals surface area contributed by atoms with E-state index in [1.807, 2.05) is 11.8 Å². The average Bonchev–Trinajstić information content (AvgIpc) is 3.13. The van der Waals surface area contributed by atoms with E-state index < -0.39 is 0 Å². The summed E-state index contributed by atoms with van der Waals surface area (Å²) in [6.45, 7) is 3.56. The van der Waals surface area contributed by atoms with Gasteiger partial charge in [0.15, 0.2) is 0 Å². The van der Waals surface area contributed by atoms with Gasteiger partial charge in [0.05, 0.1) is 0 Å². The third-order valence-corrected chi connectivity index (χ3v) is 5.43. The molecule has 3 atom stereocenters. The highest BCUT2D eigenvalue weighted by molar-refractivity contribution is 7.99. The molecule has 1 nitrogen and oxygen atoms in total. The van der Waals surface area contributed by atoms with Crippen LogP contribution in [0.1, 0.15) is 51.9 Å². The van der Waals surface area contributed by atoms with Crippen molar-refractivity contribution in [2.75, 3.05) is 12.8 Å². The third kappa shape index (κ3) is 3.96. The maximum atomic E-state index is 3.79. The van der Waals surface area contributed by atoms with E-state index >= 15 is 0 Å². The maximum absolute atomic E-state index is 3.79. The fourth-order valence-corrected chi connectivity index (χ4v) is 3.37. The summed E-state index contributed by atoms with van der Waals surface area (Å²) in [6, 6.07) is 0.841. The second-order valence-electron chi connectivity index (χ2n) is 5.75. The lowest BCUT2D eigenvalue weighted by Crippen LogP contribution is -2.35. The molecule has 0 radical (unpaired) electrons. The van der Waals surface area contributed by atoms with Gasteiger partial charge in [-0.3, -0.25) is 0 Å². The minimum Gasteiger partial charge on any atom is -0.314 e. The molecule has 0 amide bonds. The van der Waals surface area contributed by atoms with Crippen molar-refractivity contribution in [1.82, 2.24) is 5.32 Å². The van der Waals surface area contributed by atoms with E-state index in [0.29, 0.717) is 0 Å². The van der Waals surface area contributed by atoms with Gasteiger partial charge >= 0.3 is 0 Å². The fourth-order valence-electron chi connectivity index (χ4n) is 3.02. The van der Waals surface area contributed by atoms with Crippen molar-refractivity contribution in [1.29, 1.82) is 0 Å². The largest absolute Gasteiger partial charge is 0.314 e. The number of hydrogen-bond acceptors (Lipinski definition) is 2. The molecule has 3 unspecified atom stereocenters. The summed E-state index contributed by atoms with van der Waals surface area (Å²) in [6.07, 6.45) is 12.5. The van der Waals surface area contributed by atoms with Crippen molar-refractivity contribution in [2.24, 2.45) is 11.8 Å². The van der Waals surface area contributed by atoms with Crippen molar-refractivity contribution in [3.63, 3.8) is 0 Å². The minimum atomic E-state index is 0.815. The quantitative estimate of drug-likeness (QED) is 0.761. The fraction of sp³-hybridized carbons (Fsp3) is 1.00. The van der Waals surface area contributed by atoms with Gasteiger partial charge in [-0.25, -0.2) is 0 Å². The Morgan fingerprint density at radius 3 is 2.69 bits per heavy atom. The van der Waals surface area contributed by atoms with E-state index in [2.05, 4.69) is 18.5 Å². The lowest BCUT2D eigenvalue weighted by Gasteiger charge is -2.30. The molecule has 0 aromatic heterocycles. The lowest BCUT2D eigenvalue weighted by molar-refractivity contribution is 0.261. The number of nitrogens with one attached hydrogen (secondary N) is 1. The van der Waals surface area contributed by atoms with Gasteiger partial charge in [-0.1, -0.05) is 19.8 Å². The molecule has 2 aliphatic rings. The first-order valence-corrected chi connectivity index (χ1v) is 8.34. The third-order valence-electron chi connectivity index (χ3n) is 4.39. The zero-order valence-corrected chi connectivity index (χ0v) is 11.7. The average molecular weight is 241 g/mol. The Kier molecular flexibility index (Phi) is 5.02. The first kappa shape index (κ1) is 12.8. The van der Waals surface area contributed by atoms with Crippen LogP contribution in [0.4, 0.5) is 0 Å². The van der Waals surface area contributed by atoms with Gasteiger partial charge in [0.1, 0.15) is 0 Å². The molecule has 0 spiro atoms. The van der Waals surface area contributed by atoms with E-state index in [1.165, 1.54) is 51.5 Å². The summed E-state index contributed by atoms with van der Waals surface area (Å²) in [5.41, 5.74) is 0. The minimum absolute atomic E-state index is 0.815. The number of thioether (sulfide) groups is 1. The predicted molar refractivity (Wildman–Crippen MR) is 74.1 cm³/mol. The van der Waals surface area contributed by atoms with Crippen LogP contribution in [0, 0.1) is 11.8 Å². The standard InChI is InChI=1S/C14H27NS/c1-11(16-2)8-9-15-14-5-3-4-13(10-14)12-6-7-12/h11-15H,3-10H2,1-2H3. The molecule has 16 heavy (non-hydrogen) atoms. The molecule has 2 heteroatoms. The second-order valence-corrected chi connectivity index (χ2v) is 7.03. The van der Waals surface area contributed by atoms with Crippen LogP contribution in [0.25, 0.3) is 0 Å². The first-order chi connectivity index (χ1) is 7.79. The summed E-state index contributed by atoms with van der Waals surface area (Å²) in [7, 11) is 0. The second kappa shape index (κ2) is 6.30. The molecular formula is C14H27NS. The van der Waals surface area contributed by atoms with E-state index in [-0.39, 0.29) is 0 Å². The zero-order chi connectivity index (χ0) is 11.4. The number of rotatable bonds is 6. The summed E-state index contributed by atoms with van der Waals surface area (Å²) in [5, 5.41) is 4.60. The summed E-state index contributed by atoms with van der Waals surface area (Å²) < 4.78 is 0. The molecule has 94 valence electrons. The molecule has 2 rings (SSSR count). The Morgan fingerprint density at radius 2 is 2.00 bits per heavy atom. The molecule has 0 heterocycles. The van der Waals surface area contributed by atoms with Crippen molar-refractivity contribution in [3.8, 4) is 0 Å². The van der Waals surface area contributed by atoms with E-state index in [0.717, 1.165) is 23.1 Å². The van der Waals surface area contributed by atoms with Crippen LogP contribution in [-0.4, -0.2) is 24.1 Å². The van der Waals surface area contributed by atoms with Crippen molar-refractivity contribution in [3.05, 3.63) is 0 Å². The Morgan fingerprint density at radius 1 is 1.19 bits per heavy atom. The van der Waals surface area contributed by atoms with Crippen molar-refractivity contribution in [2.45, 2.75) is 63.2 Å². The highest BCUT2D eigenvalue weighted by Gasteiger charge is 2.34. The van der Waals surface area contributed by atoms with Crippen molar-refractivity contribution >= 4 is 11.8 Å². The predicted octanol–water partition coefficient (Wildman–Crippen LogP) is 3.69. The van der Waals surface area contributed by atoms with Gasteiger partial charge in [-0.15, -0.1) is 0 Å². The molecule has 0 aromatic carbocycles. The normalized spacial score (nSPS) is 32.6. The van der Waals surface area contributed by atoms with Crippen LogP contribution >= 0.6 is 11.8 Å². The Balaban J connectivity index is 1.61. The molecule has 2 aliphatic carbocycles. The number of hydrogen-bond donors (Lipinski definition) is 1. The molecule has 0 aromatic rings. The zero-order valence-electron chi connectivity index (χ0n) is 10.9. The van der Waals surface area contributed by atoms with E-state index in [1.54, 1.807) is 0 Å². The molecule has 1 N–H and O–H groups in total. The van der Waals surface area contributed by atoms with Gasteiger partial charge in [0.25, 0.3) is 0 Å². The molecule has 2 fully saturated rings. The van der Waals surface area contributed by atoms with Crippen LogP contribution in [0.15, 0.2) is 0 Å². The Bertz CT molecular complexity index is 203. The highest BCUT2D eigenvalue weighted by Crippen LogP contribution is 2.43. The summed E-state index contributed by atoms with van der Waals surface area (Å²) >= 11 is 1.99. The van der Waals surface area contributed by atoms with Crippen LogP contribution in [0.3, 0.4) is 0 Å². The monoisotopic (exact) mass is 241 g/mol. The topological polar surface area (TPSA) is 12.0 Å². The van der Waals surface area contributed by atoms with E-state index in [9.17, 15) is 0 Å². The maximum Gasteiger partial charge on any atom is 0.00698 e. The molecule has 0 aliphatic heterocycles. The van der Waals surface area contributed by atoms with Crippen LogP contribution in [0.5, 0.6) is 0 Å². The van der Waals surface area contributed by atoms with Gasteiger partial charge in [-0.05, 0) is 56.7 Å². The van der Waals surface area contributed by atoms with Crippen LogP contribution in [-0.2, 0) is 0 Å². The SMILES string of the molecule is CSC(C)CCNC1CCCC(C2CC2)C1.